The molecule has 2 rings (SSSR count). The van der Waals surface area contributed by atoms with Gasteiger partial charge in [-0.3, -0.25) is 0 Å². The van der Waals surface area contributed by atoms with Crippen molar-refractivity contribution < 1.29 is 10.2 Å². The standard InChI is InChI=1S/C23H44O2/c1-12(2)20-16(7)14(5)9-18(22(20)24)11-19-10-15(6)17(8)21(13(3)4)23(19)25/h12-25H,9-11H2,1-8H3. The zero-order valence-electron chi connectivity index (χ0n) is 17.9. The van der Waals surface area contributed by atoms with Gasteiger partial charge in [0.15, 0.2) is 0 Å². The van der Waals surface area contributed by atoms with Crippen molar-refractivity contribution >= 4 is 0 Å². The van der Waals surface area contributed by atoms with Gasteiger partial charge in [0, 0.05) is 0 Å². The predicted octanol–water partition coefficient (Wildman–Crippen LogP) is 5.23. The molecule has 10 unspecified atom stereocenters. The Bertz CT molecular complexity index is 380. The Kier molecular flexibility index (Phi) is 7.04. The molecule has 2 heteroatoms. The summed E-state index contributed by atoms with van der Waals surface area (Å²) in [6.45, 7) is 18.4. The SMILES string of the molecule is CC(C)C1C(C)C(C)CC(CC2CC(C)C(C)C(C(C)C)C2O)C1O. The summed E-state index contributed by atoms with van der Waals surface area (Å²) >= 11 is 0. The first-order chi connectivity index (χ1) is 11.6. The van der Waals surface area contributed by atoms with Crippen molar-refractivity contribution in [2.24, 2.45) is 59.2 Å². The van der Waals surface area contributed by atoms with Crippen molar-refractivity contribution in [3.05, 3.63) is 0 Å². The third-order valence-electron chi connectivity index (χ3n) is 8.26. The van der Waals surface area contributed by atoms with Gasteiger partial charge in [-0.15, -0.1) is 0 Å². The van der Waals surface area contributed by atoms with Crippen molar-refractivity contribution in [3.63, 3.8) is 0 Å². The lowest BCUT2D eigenvalue weighted by molar-refractivity contribution is -0.0934. The summed E-state index contributed by atoms with van der Waals surface area (Å²) in [5.41, 5.74) is 0. The molecule has 0 aromatic rings. The highest BCUT2D eigenvalue weighted by Gasteiger charge is 2.46. The van der Waals surface area contributed by atoms with Gasteiger partial charge < -0.3 is 10.2 Å². The van der Waals surface area contributed by atoms with E-state index >= 15 is 0 Å². The molecule has 10 atom stereocenters. The second kappa shape index (κ2) is 8.30. The van der Waals surface area contributed by atoms with Gasteiger partial charge in [-0.2, -0.15) is 0 Å². The fraction of sp³-hybridized carbons (Fsp3) is 1.00. The molecule has 0 aliphatic heterocycles. The maximum absolute atomic E-state index is 11.1. The van der Waals surface area contributed by atoms with Gasteiger partial charge in [0.05, 0.1) is 12.2 Å². The molecule has 2 nitrogen and oxygen atoms in total. The maximum Gasteiger partial charge on any atom is 0.0601 e. The second-order valence-electron chi connectivity index (χ2n) is 10.5. The lowest BCUT2D eigenvalue weighted by atomic mass is 9.58. The molecule has 2 N–H and O–H groups in total. The molecule has 0 aromatic heterocycles. The third-order valence-corrected chi connectivity index (χ3v) is 8.26. The molecular weight excluding hydrogens is 308 g/mol. The van der Waals surface area contributed by atoms with E-state index in [0.29, 0.717) is 59.2 Å². The topological polar surface area (TPSA) is 40.5 Å². The van der Waals surface area contributed by atoms with Crippen LogP contribution < -0.4 is 0 Å². The molecule has 148 valence electrons. The first kappa shape index (κ1) is 21.2. The van der Waals surface area contributed by atoms with E-state index in [-0.39, 0.29) is 12.2 Å². The number of aliphatic hydroxyl groups is 2. The van der Waals surface area contributed by atoms with Gasteiger partial charge in [0.2, 0.25) is 0 Å². The fourth-order valence-corrected chi connectivity index (χ4v) is 6.54. The number of hydrogen-bond donors (Lipinski definition) is 2. The smallest absolute Gasteiger partial charge is 0.0601 e. The monoisotopic (exact) mass is 352 g/mol. The molecule has 2 saturated carbocycles. The molecular formula is C23H44O2. The van der Waals surface area contributed by atoms with Crippen LogP contribution in [-0.2, 0) is 0 Å². The van der Waals surface area contributed by atoms with Crippen molar-refractivity contribution in [3.8, 4) is 0 Å². The fourth-order valence-electron chi connectivity index (χ4n) is 6.54. The third kappa shape index (κ3) is 4.26. The molecule has 25 heavy (non-hydrogen) atoms. The summed E-state index contributed by atoms with van der Waals surface area (Å²) in [6.07, 6.45) is 2.83. The highest BCUT2D eigenvalue weighted by Crippen LogP contribution is 2.48. The molecule has 0 bridgehead atoms. The Morgan fingerprint density at radius 3 is 1.28 bits per heavy atom. The average molecular weight is 353 g/mol. The average Bonchev–Trinajstić information content (AvgIpc) is 2.49. The molecule has 0 spiro atoms. The molecule has 0 aromatic carbocycles. The largest absolute Gasteiger partial charge is 0.393 e. The Morgan fingerprint density at radius 1 is 0.680 bits per heavy atom. The van der Waals surface area contributed by atoms with E-state index in [4.69, 9.17) is 0 Å². The van der Waals surface area contributed by atoms with Crippen LogP contribution in [0.2, 0.25) is 0 Å². The summed E-state index contributed by atoms with van der Waals surface area (Å²) in [6, 6.07) is 0. The predicted molar refractivity (Wildman–Crippen MR) is 106 cm³/mol. The van der Waals surface area contributed by atoms with Crippen LogP contribution in [0.15, 0.2) is 0 Å². The van der Waals surface area contributed by atoms with Crippen molar-refractivity contribution in [2.45, 2.75) is 86.9 Å². The van der Waals surface area contributed by atoms with E-state index in [2.05, 4.69) is 55.4 Å². The molecule has 0 amide bonds. The minimum atomic E-state index is -0.203. The van der Waals surface area contributed by atoms with E-state index in [9.17, 15) is 10.2 Å². The van der Waals surface area contributed by atoms with Crippen LogP contribution >= 0.6 is 0 Å². The quantitative estimate of drug-likeness (QED) is 0.727. The van der Waals surface area contributed by atoms with E-state index < -0.39 is 0 Å². The van der Waals surface area contributed by atoms with Crippen molar-refractivity contribution in [1.82, 2.24) is 0 Å². The van der Waals surface area contributed by atoms with Crippen LogP contribution in [0.4, 0.5) is 0 Å². The second-order valence-corrected chi connectivity index (χ2v) is 10.5. The van der Waals surface area contributed by atoms with Gasteiger partial charge in [-0.25, -0.2) is 0 Å². The van der Waals surface area contributed by atoms with Crippen LogP contribution in [0.25, 0.3) is 0 Å². The lowest BCUT2D eigenvalue weighted by Crippen LogP contribution is -2.48. The van der Waals surface area contributed by atoms with Gasteiger partial charge in [-0.05, 0) is 78.4 Å². The van der Waals surface area contributed by atoms with Gasteiger partial charge in [-0.1, -0.05) is 55.4 Å². The Balaban J connectivity index is 2.14. The number of rotatable bonds is 4. The maximum atomic E-state index is 11.1. The molecule has 2 fully saturated rings. The molecule has 0 saturated heterocycles. The zero-order valence-corrected chi connectivity index (χ0v) is 17.9. The highest BCUT2D eigenvalue weighted by atomic mass is 16.3. The summed E-state index contributed by atoms with van der Waals surface area (Å²) in [7, 11) is 0. The normalized spacial score (nSPS) is 49.0. The highest BCUT2D eigenvalue weighted by molar-refractivity contribution is 4.95. The summed E-state index contributed by atoms with van der Waals surface area (Å²) < 4.78 is 0. The zero-order chi connectivity index (χ0) is 19.0. The Morgan fingerprint density at radius 2 is 1.00 bits per heavy atom. The minimum Gasteiger partial charge on any atom is -0.393 e. The van der Waals surface area contributed by atoms with E-state index in [1.165, 1.54) is 0 Å². The van der Waals surface area contributed by atoms with Crippen LogP contribution in [0.5, 0.6) is 0 Å². The van der Waals surface area contributed by atoms with Gasteiger partial charge >= 0.3 is 0 Å². The lowest BCUT2D eigenvalue weighted by Gasteiger charge is -2.49. The van der Waals surface area contributed by atoms with Crippen LogP contribution in [-0.4, -0.2) is 22.4 Å². The van der Waals surface area contributed by atoms with E-state index in [0.717, 1.165) is 19.3 Å². The van der Waals surface area contributed by atoms with E-state index in [1.54, 1.807) is 0 Å². The number of aliphatic hydroxyl groups excluding tert-OH is 2. The van der Waals surface area contributed by atoms with Crippen molar-refractivity contribution in [1.29, 1.82) is 0 Å². The van der Waals surface area contributed by atoms with Gasteiger partial charge in [0.1, 0.15) is 0 Å². The Labute approximate surface area is 156 Å². The van der Waals surface area contributed by atoms with Crippen LogP contribution in [0, 0.1) is 59.2 Å². The van der Waals surface area contributed by atoms with Crippen molar-refractivity contribution in [2.75, 3.05) is 0 Å². The van der Waals surface area contributed by atoms with Gasteiger partial charge in [0.25, 0.3) is 0 Å². The Hall–Kier alpha value is -0.0800. The molecule has 2 aliphatic rings. The number of hydrogen-bond acceptors (Lipinski definition) is 2. The first-order valence-corrected chi connectivity index (χ1v) is 10.9. The molecule has 0 radical (unpaired) electrons. The summed E-state index contributed by atoms with van der Waals surface area (Å²) in [4.78, 5) is 0. The molecule has 0 heterocycles. The van der Waals surface area contributed by atoms with Crippen LogP contribution in [0.3, 0.4) is 0 Å². The first-order valence-electron chi connectivity index (χ1n) is 10.9. The van der Waals surface area contributed by atoms with Crippen LogP contribution in [0.1, 0.15) is 74.7 Å². The van der Waals surface area contributed by atoms with E-state index in [1.807, 2.05) is 0 Å². The molecule has 2 aliphatic carbocycles. The summed E-state index contributed by atoms with van der Waals surface area (Å²) in [5, 5.41) is 22.2. The minimum absolute atomic E-state index is 0.203. The summed E-state index contributed by atoms with van der Waals surface area (Å²) in [5.74, 6) is 5.05.